The maximum atomic E-state index is 10.9. The molecule has 1 aromatic heterocycles. The molecular weight excluding hydrogens is 246 g/mol. The molecule has 0 radical (unpaired) electrons. The Morgan fingerprint density at radius 3 is 2.79 bits per heavy atom. The summed E-state index contributed by atoms with van der Waals surface area (Å²) in [6.45, 7) is 4.28. The lowest BCUT2D eigenvalue weighted by molar-refractivity contribution is 0.0458. The molecule has 104 valence electrons. The van der Waals surface area contributed by atoms with Gasteiger partial charge in [-0.3, -0.25) is 0 Å². The van der Waals surface area contributed by atoms with E-state index in [-0.39, 0.29) is 11.8 Å². The van der Waals surface area contributed by atoms with E-state index in [9.17, 15) is 4.79 Å². The van der Waals surface area contributed by atoms with Gasteiger partial charge in [-0.25, -0.2) is 9.78 Å². The first-order valence-corrected chi connectivity index (χ1v) is 6.48. The normalized spacial score (nSPS) is 16.6. The molecule has 1 saturated heterocycles. The molecule has 0 saturated carbocycles. The second-order valence-corrected chi connectivity index (χ2v) is 4.56. The first kappa shape index (κ1) is 13.6. The zero-order valence-corrected chi connectivity index (χ0v) is 11.0. The maximum Gasteiger partial charge on any atom is 0.354 e. The zero-order valence-electron chi connectivity index (χ0n) is 11.0. The van der Waals surface area contributed by atoms with Gasteiger partial charge in [-0.05, 0) is 31.9 Å². The number of nitrogens with zero attached hydrogens (tertiary/aromatic N) is 2. The van der Waals surface area contributed by atoms with Gasteiger partial charge in [0.05, 0.1) is 11.8 Å². The number of rotatable bonds is 4. The predicted octanol–water partition coefficient (Wildman–Crippen LogP) is 1.37. The van der Waals surface area contributed by atoms with Crippen LogP contribution in [0.3, 0.4) is 0 Å². The van der Waals surface area contributed by atoms with Crippen molar-refractivity contribution >= 4 is 17.5 Å². The molecule has 1 aliphatic heterocycles. The summed E-state index contributed by atoms with van der Waals surface area (Å²) in [6, 6.07) is 3.02. The number of anilines is 2. The summed E-state index contributed by atoms with van der Waals surface area (Å²) in [5.41, 5.74) is 6.42. The highest BCUT2D eigenvalue weighted by atomic mass is 16.5. The van der Waals surface area contributed by atoms with Gasteiger partial charge in [0.2, 0.25) is 0 Å². The molecule has 2 heterocycles. The van der Waals surface area contributed by atoms with Crippen LogP contribution in [0.25, 0.3) is 0 Å². The number of pyridine rings is 1. The first-order valence-electron chi connectivity index (χ1n) is 6.48. The number of hydrogen-bond acceptors (Lipinski definition) is 5. The molecule has 3 N–H and O–H groups in total. The van der Waals surface area contributed by atoms with E-state index in [4.69, 9.17) is 15.6 Å². The highest BCUT2D eigenvalue weighted by molar-refractivity contribution is 5.87. The van der Waals surface area contributed by atoms with Crippen LogP contribution < -0.4 is 10.6 Å². The molecule has 1 aromatic rings. The molecule has 19 heavy (non-hydrogen) atoms. The average molecular weight is 265 g/mol. The van der Waals surface area contributed by atoms with Crippen LogP contribution in [0.1, 0.15) is 30.3 Å². The third-order valence-corrected chi connectivity index (χ3v) is 3.27. The van der Waals surface area contributed by atoms with Gasteiger partial charge in [0.25, 0.3) is 0 Å². The minimum Gasteiger partial charge on any atom is -0.477 e. The van der Waals surface area contributed by atoms with Crippen molar-refractivity contribution in [3.8, 4) is 0 Å². The molecular formula is C13H19N3O3. The quantitative estimate of drug-likeness (QED) is 0.854. The molecule has 6 heteroatoms. The Morgan fingerprint density at radius 1 is 1.53 bits per heavy atom. The number of carbonyl (C=O) groups is 1. The van der Waals surface area contributed by atoms with Crippen molar-refractivity contribution < 1.29 is 14.6 Å². The highest BCUT2D eigenvalue weighted by Crippen LogP contribution is 2.25. The summed E-state index contributed by atoms with van der Waals surface area (Å²) >= 11 is 0. The summed E-state index contributed by atoms with van der Waals surface area (Å²) in [7, 11) is 0. The minimum atomic E-state index is -1.04. The molecule has 0 amide bonds. The van der Waals surface area contributed by atoms with E-state index in [1.165, 1.54) is 6.07 Å². The summed E-state index contributed by atoms with van der Waals surface area (Å²) in [5.74, 6) is -0.472. The SMILES string of the molecule is CCOC1CCN(c2nc(C(=O)O)ccc2N)CC1. The minimum absolute atomic E-state index is 0.0242. The molecule has 0 spiro atoms. The third-order valence-electron chi connectivity index (χ3n) is 3.27. The van der Waals surface area contributed by atoms with Crippen molar-refractivity contribution in [1.29, 1.82) is 0 Å². The fraction of sp³-hybridized carbons (Fsp3) is 0.538. The Balaban J connectivity index is 2.10. The van der Waals surface area contributed by atoms with Crippen molar-refractivity contribution in [2.75, 3.05) is 30.3 Å². The lowest BCUT2D eigenvalue weighted by Gasteiger charge is -2.33. The van der Waals surface area contributed by atoms with E-state index in [0.29, 0.717) is 11.5 Å². The Bertz CT molecular complexity index is 456. The number of carboxylic acids is 1. The van der Waals surface area contributed by atoms with E-state index >= 15 is 0 Å². The van der Waals surface area contributed by atoms with Crippen molar-refractivity contribution in [1.82, 2.24) is 4.98 Å². The number of carboxylic acid groups (broad SMARTS) is 1. The first-order chi connectivity index (χ1) is 9.11. The topological polar surface area (TPSA) is 88.7 Å². The fourth-order valence-electron chi connectivity index (χ4n) is 2.30. The molecule has 2 rings (SSSR count). The second kappa shape index (κ2) is 5.88. The predicted molar refractivity (Wildman–Crippen MR) is 72.5 cm³/mol. The lowest BCUT2D eigenvalue weighted by Crippen LogP contribution is -2.38. The van der Waals surface area contributed by atoms with Crippen LogP contribution in [-0.4, -0.2) is 41.9 Å². The van der Waals surface area contributed by atoms with Gasteiger partial charge in [0, 0.05) is 19.7 Å². The Morgan fingerprint density at radius 2 is 2.21 bits per heavy atom. The number of piperidine rings is 1. The van der Waals surface area contributed by atoms with Gasteiger partial charge in [-0.15, -0.1) is 0 Å². The molecule has 0 unspecified atom stereocenters. The number of aromatic carboxylic acids is 1. The van der Waals surface area contributed by atoms with Crippen LogP contribution in [0.5, 0.6) is 0 Å². The zero-order chi connectivity index (χ0) is 13.8. The van der Waals surface area contributed by atoms with Crippen LogP contribution in [0.4, 0.5) is 11.5 Å². The summed E-state index contributed by atoms with van der Waals surface area (Å²) < 4.78 is 5.59. The largest absolute Gasteiger partial charge is 0.477 e. The van der Waals surface area contributed by atoms with Crippen LogP contribution in [0, 0.1) is 0 Å². The van der Waals surface area contributed by atoms with E-state index < -0.39 is 5.97 Å². The molecule has 0 aromatic carbocycles. The summed E-state index contributed by atoms with van der Waals surface area (Å²) in [6.07, 6.45) is 2.10. The standard InChI is InChI=1S/C13H19N3O3/c1-2-19-9-5-7-16(8-6-9)12-10(14)3-4-11(15-12)13(17)18/h3-4,9H,2,5-8,14H2,1H3,(H,17,18). The monoisotopic (exact) mass is 265 g/mol. The van der Waals surface area contributed by atoms with Crippen molar-refractivity contribution in [3.63, 3.8) is 0 Å². The lowest BCUT2D eigenvalue weighted by atomic mass is 10.1. The number of aromatic nitrogens is 1. The molecule has 0 aliphatic carbocycles. The second-order valence-electron chi connectivity index (χ2n) is 4.56. The van der Waals surface area contributed by atoms with Crippen LogP contribution in [0.15, 0.2) is 12.1 Å². The van der Waals surface area contributed by atoms with E-state index in [1.54, 1.807) is 6.07 Å². The number of ether oxygens (including phenoxy) is 1. The van der Waals surface area contributed by atoms with Crippen molar-refractivity contribution in [2.24, 2.45) is 0 Å². The maximum absolute atomic E-state index is 10.9. The summed E-state index contributed by atoms with van der Waals surface area (Å²) in [4.78, 5) is 17.1. The van der Waals surface area contributed by atoms with Gasteiger partial charge in [0.15, 0.2) is 11.5 Å². The van der Waals surface area contributed by atoms with Crippen LogP contribution in [0.2, 0.25) is 0 Å². The van der Waals surface area contributed by atoms with Crippen LogP contribution >= 0.6 is 0 Å². The van der Waals surface area contributed by atoms with E-state index in [1.807, 2.05) is 11.8 Å². The fourth-order valence-corrected chi connectivity index (χ4v) is 2.30. The van der Waals surface area contributed by atoms with E-state index in [0.717, 1.165) is 32.5 Å². The highest BCUT2D eigenvalue weighted by Gasteiger charge is 2.22. The van der Waals surface area contributed by atoms with Crippen molar-refractivity contribution in [2.45, 2.75) is 25.9 Å². The Kier molecular flexibility index (Phi) is 4.21. The number of hydrogen-bond donors (Lipinski definition) is 2. The van der Waals surface area contributed by atoms with Gasteiger partial charge in [-0.1, -0.05) is 0 Å². The number of nitrogens with two attached hydrogens (primary N) is 1. The molecule has 0 bridgehead atoms. The Labute approximate surface area is 112 Å². The van der Waals surface area contributed by atoms with Gasteiger partial charge in [-0.2, -0.15) is 0 Å². The average Bonchev–Trinajstić information content (AvgIpc) is 2.40. The Hall–Kier alpha value is -1.82. The summed E-state index contributed by atoms with van der Waals surface area (Å²) in [5, 5.41) is 8.97. The smallest absolute Gasteiger partial charge is 0.354 e. The molecule has 1 fully saturated rings. The van der Waals surface area contributed by atoms with Crippen molar-refractivity contribution in [3.05, 3.63) is 17.8 Å². The molecule has 1 aliphatic rings. The van der Waals surface area contributed by atoms with Gasteiger partial charge < -0.3 is 20.5 Å². The van der Waals surface area contributed by atoms with Gasteiger partial charge in [0.1, 0.15) is 0 Å². The number of nitrogen functional groups attached to an aromatic ring is 1. The van der Waals surface area contributed by atoms with E-state index in [2.05, 4.69) is 4.98 Å². The molecule has 0 atom stereocenters. The molecule has 6 nitrogen and oxygen atoms in total. The van der Waals surface area contributed by atoms with Crippen LogP contribution in [-0.2, 0) is 4.74 Å². The van der Waals surface area contributed by atoms with Gasteiger partial charge >= 0.3 is 5.97 Å². The third kappa shape index (κ3) is 3.14.